The van der Waals surface area contributed by atoms with Gasteiger partial charge in [0.15, 0.2) is 0 Å². The van der Waals surface area contributed by atoms with Crippen LogP contribution in [0.2, 0.25) is 0 Å². The Morgan fingerprint density at radius 3 is 3.00 bits per heavy atom. The van der Waals surface area contributed by atoms with Crippen molar-refractivity contribution in [2.24, 2.45) is 5.92 Å². The molecular weight excluding hydrogens is 310 g/mol. The number of benzene rings is 1. The summed E-state index contributed by atoms with van der Waals surface area (Å²) in [4.78, 5) is 20.9. The third kappa shape index (κ3) is 3.00. The van der Waals surface area contributed by atoms with Crippen LogP contribution in [0.4, 0.5) is 0 Å². The molecule has 1 amide bonds. The van der Waals surface area contributed by atoms with E-state index in [2.05, 4.69) is 20.4 Å². The lowest BCUT2D eigenvalue weighted by Gasteiger charge is -2.16. The van der Waals surface area contributed by atoms with Crippen LogP contribution in [0.1, 0.15) is 34.2 Å². The molecule has 0 aliphatic heterocycles. The molecule has 116 valence electrons. The third-order valence-corrected chi connectivity index (χ3v) is 4.75. The fraction of sp³-hybridized carbons (Fsp3) is 0.250. The van der Waals surface area contributed by atoms with Gasteiger partial charge in [-0.1, -0.05) is 6.07 Å². The number of carbonyl (C=O) groups is 1. The molecule has 0 saturated heterocycles. The topological polar surface area (TPSA) is 72.7 Å². The van der Waals surface area contributed by atoms with Gasteiger partial charge in [0.2, 0.25) is 0 Å². The second-order valence-corrected chi connectivity index (χ2v) is 6.48. The zero-order valence-corrected chi connectivity index (χ0v) is 13.1. The first-order valence-electron chi connectivity index (χ1n) is 7.46. The Morgan fingerprint density at radius 2 is 2.30 bits per heavy atom. The Hall–Kier alpha value is -2.54. The van der Waals surface area contributed by atoms with Crippen molar-refractivity contribution >= 4 is 17.2 Å². The summed E-state index contributed by atoms with van der Waals surface area (Å²) >= 11 is 1.59. The predicted molar refractivity (Wildman–Crippen MR) is 86.4 cm³/mol. The highest BCUT2D eigenvalue weighted by atomic mass is 32.1. The average Bonchev–Trinajstić information content (AvgIpc) is 3.06. The molecule has 23 heavy (non-hydrogen) atoms. The average molecular weight is 325 g/mol. The van der Waals surface area contributed by atoms with Gasteiger partial charge in [-0.05, 0) is 37.0 Å². The van der Waals surface area contributed by atoms with Crippen LogP contribution in [-0.2, 0) is 0 Å². The van der Waals surface area contributed by atoms with Crippen LogP contribution >= 0.6 is 11.3 Å². The van der Waals surface area contributed by atoms with E-state index < -0.39 is 0 Å². The van der Waals surface area contributed by atoms with E-state index >= 15 is 0 Å². The van der Waals surface area contributed by atoms with Crippen molar-refractivity contribution in [3.8, 4) is 5.69 Å². The summed E-state index contributed by atoms with van der Waals surface area (Å²) in [5, 5.41) is 10.2. The highest BCUT2D eigenvalue weighted by Crippen LogP contribution is 2.41. The van der Waals surface area contributed by atoms with Gasteiger partial charge >= 0.3 is 0 Å². The first-order chi connectivity index (χ1) is 11.3. The highest BCUT2D eigenvalue weighted by Gasteiger charge is 2.35. The Morgan fingerprint density at radius 1 is 1.39 bits per heavy atom. The molecular formula is C16H15N5OS. The predicted octanol–water partition coefficient (Wildman–Crippen LogP) is 2.60. The molecule has 1 fully saturated rings. The summed E-state index contributed by atoms with van der Waals surface area (Å²) in [7, 11) is 0. The van der Waals surface area contributed by atoms with Gasteiger partial charge in [-0.15, -0.1) is 11.3 Å². The molecule has 6 nitrogen and oxygen atoms in total. The van der Waals surface area contributed by atoms with E-state index in [4.69, 9.17) is 0 Å². The van der Waals surface area contributed by atoms with Crippen molar-refractivity contribution in [2.75, 3.05) is 0 Å². The Kier molecular flexibility index (Phi) is 3.63. The second-order valence-electron chi connectivity index (χ2n) is 5.55. The van der Waals surface area contributed by atoms with Gasteiger partial charge in [0.1, 0.15) is 17.7 Å². The molecule has 1 atom stereocenters. The molecule has 2 heterocycles. The number of nitrogens with zero attached hydrogens (tertiary/aromatic N) is 4. The van der Waals surface area contributed by atoms with Crippen molar-refractivity contribution in [3.05, 3.63) is 59.1 Å². The molecule has 0 radical (unpaired) electrons. The van der Waals surface area contributed by atoms with E-state index in [1.807, 2.05) is 29.6 Å². The molecule has 0 spiro atoms. The van der Waals surface area contributed by atoms with Gasteiger partial charge in [0, 0.05) is 17.1 Å². The maximum absolute atomic E-state index is 12.6. The molecule has 3 aromatic rings. The van der Waals surface area contributed by atoms with Crippen LogP contribution < -0.4 is 5.32 Å². The van der Waals surface area contributed by atoms with E-state index in [-0.39, 0.29) is 11.9 Å². The summed E-state index contributed by atoms with van der Waals surface area (Å²) < 4.78 is 1.63. The van der Waals surface area contributed by atoms with Crippen LogP contribution in [0, 0.1) is 5.92 Å². The van der Waals surface area contributed by atoms with Crippen molar-refractivity contribution in [3.63, 3.8) is 0 Å². The normalized spacial score (nSPS) is 15.3. The Bertz CT molecular complexity index is 796. The molecule has 1 aliphatic carbocycles. The summed E-state index contributed by atoms with van der Waals surface area (Å²) in [6.45, 7) is 0. The third-order valence-electron chi connectivity index (χ3n) is 3.89. The van der Waals surface area contributed by atoms with Gasteiger partial charge in [-0.2, -0.15) is 5.10 Å². The SMILES string of the molecule is O=C(NC(c1nccs1)C1CC1)c1cccc(-n2cncn2)c1. The first-order valence-corrected chi connectivity index (χ1v) is 8.34. The number of carbonyl (C=O) groups excluding carboxylic acids is 1. The quantitative estimate of drug-likeness (QED) is 0.782. The minimum Gasteiger partial charge on any atom is -0.343 e. The van der Waals surface area contributed by atoms with Crippen LogP contribution in [0.25, 0.3) is 5.69 Å². The lowest BCUT2D eigenvalue weighted by Crippen LogP contribution is -2.29. The zero-order chi connectivity index (χ0) is 15.6. The van der Waals surface area contributed by atoms with Crippen LogP contribution in [-0.4, -0.2) is 25.7 Å². The summed E-state index contributed by atoms with van der Waals surface area (Å²) in [6.07, 6.45) is 7.15. The van der Waals surface area contributed by atoms with Gasteiger partial charge in [0.05, 0.1) is 11.7 Å². The van der Waals surface area contributed by atoms with Crippen LogP contribution in [0.5, 0.6) is 0 Å². The van der Waals surface area contributed by atoms with Gasteiger partial charge in [0.25, 0.3) is 5.91 Å². The van der Waals surface area contributed by atoms with E-state index in [0.717, 1.165) is 23.5 Å². The number of nitrogens with one attached hydrogen (secondary N) is 1. The van der Waals surface area contributed by atoms with Crippen LogP contribution in [0.15, 0.2) is 48.5 Å². The van der Waals surface area contributed by atoms with Gasteiger partial charge < -0.3 is 5.32 Å². The lowest BCUT2D eigenvalue weighted by atomic mass is 10.1. The lowest BCUT2D eigenvalue weighted by molar-refractivity contribution is 0.0931. The molecule has 1 aromatic carbocycles. The molecule has 1 aliphatic rings. The summed E-state index contributed by atoms with van der Waals surface area (Å²) in [5.74, 6) is 0.419. The van der Waals surface area contributed by atoms with E-state index in [9.17, 15) is 4.79 Å². The van der Waals surface area contributed by atoms with Crippen molar-refractivity contribution < 1.29 is 4.79 Å². The molecule has 1 N–H and O–H groups in total. The van der Waals surface area contributed by atoms with Crippen LogP contribution in [0.3, 0.4) is 0 Å². The molecule has 7 heteroatoms. The molecule has 4 rings (SSSR count). The number of hydrogen-bond acceptors (Lipinski definition) is 5. The zero-order valence-electron chi connectivity index (χ0n) is 12.3. The maximum Gasteiger partial charge on any atom is 0.251 e. The van der Waals surface area contributed by atoms with E-state index in [1.54, 1.807) is 28.5 Å². The summed E-state index contributed by atoms with van der Waals surface area (Å²) in [5.41, 5.74) is 1.42. The second kappa shape index (κ2) is 5.92. The Labute approximate surface area is 137 Å². The standard InChI is InChI=1S/C16H15N5OS/c22-15(20-14(11-4-5-11)16-18-6-7-23-16)12-2-1-3-13(8-12)21-10-17-9-19-21/h1-3,6-11,14H,4-5H2,(H,20,22). The molecule has 1 saturated carbocycles. The largest absolute Gasteiger partial charge is 0.343 e. The minimum atomic E-state index is -0.0842. The van der Waals surface area contributed by atoms with Gasteiger partial charge in [-0.25, -0.2) is 14.6 Å². The van der Waals surface area contributed by atoms with Gasteiger partial charge in [-0.3, -0.25) is 4.79 Å². The van der Waals surface area contributed by atoms with E-state index in [0.29, 0.717) is 11.5 Å². The van der Waals surface area contributed by atoms with Crippen molar-refractivity contribution in [2.45, 2.75) is 18.9 Å². The fourth-order valence-electron chi connectivity index (χ4n) is 2.55. The molecule has 1 unspecified atom stereocenters. The van der Waals surface area contributed by atoms with Crippen molar-refractivity contribution in [1.82, 2.24) is 25.1 Å². The fourth-order valence-corrected chi connectivity index (χ4v) is 3.34. The number of rotatable bonds is 5. The monoisotopic (exact) mass is 325 g/mol. The minimum absolute atomic E-state index is 0.0116. The Balaban J connectivity index is 1.56. The number of aromatic nitrogens is 4. The number of hydrogen-bond donors (Lipinski definition) is 1. The number of thiazole rings is 1. The smallest absolute Gasteiger partial charge is 0.251 e. The molecule has 0 bridgehead atoms. The highest BCUT2D eigenvalue weighted by molar-refractivity contribution is 7.09. The maximum atomic E-state index is 12.6. The van der Waals surface area contributed by atoms with E-state index in [1.165, 1.54) is 6.33 Å². The number of amides is 1. The van der Waals surface area contributed by atoms with Crippen molar-refractivity contribution in [1.29, 1.82) is 0 Å². The molecule has 2 aromatic heterocycles. The summed E-state index contributed by atoms with van der Waals surface area (Å²) in [6, 6.07) is 7.38. The first kappa shape index (κ1) is 14.1.